The predicted octanol–water partition coefficient (Wildman–Crippen LogP) is 20.0. The minimum absolute atomic E-state index is 0.860. The van der Waals surface area contributed by atoms with Crippen molar-refractivity contribution in [2.24, 2.45) is 0 Å². The van der Waals surface area contributed by atoms with Crippen molar-refractivity contribution in [3.63, 3.8) is 0 Å². The summed E-state index contributed by atoms with van der Waals surface area (Å²) in [6.45, 7) is 0. The highest BCUT2D eigenvalue weighted by molar-refractivity contribution is 6.28. The summed E-state index contributed by atoms with van der Waals surface area (Å²) in [5.74, 6) is 0. The maximum absolute atomic E-state index is 7.50. The molecule has 0 aliphatic carbocycles. The lowest BCUT2D eigenvalue weighted by atomic mass is 9.91. The molecule has 0 saturated carbocycles. The zero-order chi connectivity index (χ0) is 49.0. The first-order valence-electron chi connectivity index (χ1n) is 25.4. The highest BCUT2D eigenvalue weighted by Crippen LogP contribution is 2.48. The van der Waals surface area contributed by atoms with Crippen molar-refractivity contribution in [2.75, 3.05) is 0 Å². The second kappa shape index (κ2) is 18.1. The minimum atomic E-state index is 0.860. The number of hydrogen-bond acceptors (Lipinski definition) is 1. The van der Waals surface area contributed by atoms with Crippen LogP contribution in [0.4, 0.5) is 0 Å². The molecule has 0 saturated heterocycles. The van der Waals surface area contributed by atoms with Crippen LogP contribution < -0.4 is 0 Å². The lowest BCUT2D eigenvalue weighted by Crippen LogP contribution is -1.94. The molecule has 2 nitrogen and oxygen atoms in total. The normalized spacial score (nSPS) is 11.5. The van der Waals surface area contributed by atoms with Crippen molar-refractivity contribution in [1.29, 1.82) is 0 Å². The lowest BCUT2D eigenvalue weighted by molar-refractivity contribution is 0.671. The number of benzene rings is 12. The summed E-state index contributed by atoms with van der Waals surface area (Å²) in [6, 6.07) is 103. The summed E-state index contributed by atoms with van der Waals surface area (Å²) < 4.78 is 9.93. The number of nitrogens with zero attached hydrogens (tertiary/aromatic N) is 1. The van der Waals surface area contributed by atoms with Gasteiger partial charge in [0.1, 0.15) is 11.2 Å². The molecule has 12 aromatic carbocycles. The van der Waals surface area contributed by atoms with E-state index in [2.05, 4.69) is 290 Å². The van der Waals surface area contributed by atoms with Crippen molar-refractivity contribution >= 4 is 43.7 Å². The van der Waals surface area contributed by atoms with Crippen LogP contribution in [0, 0.1) is 0 Å². The first kappa shape index (κ1) is 43.1. The fourth-order valence-electron chi connectivity index (χ4n) is 11.2. The van der Waals surface area contributed by atoms with Crippen molar-refractivity contribution in [2.45, 2.75) is 0 Å². The van der Waals surface area contributed by atoms with E-state index in [-0.39, 0.29) is 0 Å². The fourth-order valence-corrected chi connectivity index (χ4v) is 11.2. The third-order valence-electron chi connectivity index (χ3n) is 14.7. The molecule has 0 radical (unpaired) electrons. The molecule has 74 heavy (non-hydrogen) atoms. The predicted molar refractivity (Wildman–Crippen MR) is 312 cm³/mol. The van der Waals surface area contributed by atoms with Crippen LogP contribution in [0.1, 0.15) is 0 Å². The van der Waals surface area contributed by atoms with E-state index in [1.54, 1.807) is 0 Å². The van der Waals surface area contributed by atoms with E-state index in [1.807, 2.05) is 0 Å². The molecule has 2 heteroatoms. The first-order valence-corrected chi connectivity index (χ1v) is 25.4. The van der Waals surface area contributed by atoms with E-state index in [9.17, 15) is 0 Å². The number of fused-ring (bicyclic) bond motifs is 7. The van der Waals surface area contributed by atoms with Crippen LogP contribution >= 0.6 is 0 Å². The Morgan fingerprint density at radius 1 is 0.230 bits per heavy atom. The van der Waals surface area contributed by atoms with Gasteiger partial charge in [-0.2, -0.15) is 0 Å². The van der Waals surface area contributed by atoms with Crippen molar-refractivity contribution in [1.82, 2.24) is 4.57 Å². The molecule has 0 aliphatic rings. The van der Waals surface area contributed by atoms with Crippen molar-refractivity contribution < 1.29 is 4.42 Å². The van der Waals surface area contributed by atoms with E-state index >= 15 is 0 Å². The van der Waals surface area contributed by atoms with Gasteiger partial charge in [0.25, 0.3) is 0 Å². The Labute approximate surface area is 430 Å². The summed E-state index contributed by atoms with van der Waals surface area (Å²) in [5, 5.41) is 4.54. The van der Waals surface area contributed by atoms with Crippen LogP contribution in [-0.4, -0.2) is 4.57 Å². The lowest BCUT2D eigenvalue weighted by Gasteiger charge is -2.13. The van der Waals surface area contributed by atoms with Gasteiger partial charge in [0.2, 0.25) is 0 Å². The maximum atomic E-state index is 7.50. The number of hydrogen-bond donors (Lipinski definition) is 0. The molecule has 14 aromatic rings. The molecule has 0 N–H and O–H groups in total. The summed E-state index contributed by atoms with van der Waals surface area (Å²) in [7, 11) is 0. The standard InChI is InChI=1S/C72H47NO/c1-6-21-48(22-7-1)56-41-57(49-23-8-2-9-24-49)44-60(43-56)52-29-18-31-54(39-52)63-36-20-37-65-69-70-67(64-35-16-17-38-68(64)73(70)62-33-14-5-15-34-62)47-66(72(69)74-71(63)65)55-32-19-30-53(40-55)61-45-58(50-25-10-3-11-26-50)42-59(46-61)51-27-12-4-13-28-51/h1-47H. The fraction of sp³-hybridized carbons (Fsp3) is 0. The molecule has 14 rings (SSSR count). The molecule has 0 bridgehead atoms. The average Bonchev–Trinajstić information content (AvgIpc) is 4.07. The Kier molecular flexibility index (Phi) is 10.6. The largest absolute Gasteiger partial charge is 0.455 e. The smallest absolute Gasteiger partial charge is 0.145 e. The Balaban J connectivity index is 0.994. The van der Waals surface area contributed by atoms with Gasteiger partial charge in [0, 0.05) is 33.0 Å². The van der Waals surface area contributed by atoms with Crippen LogP contribution in [0.5, 0.6) is 0 Å². The van der Waals surface area contributed by atoms with Crippen LogP contribution in [-0.2, 0) is 0 Å². The van der Waals surface area contributed by atoms with Gasteiger partial charge in [-0.3, -0.25) is 0 Å². The molecule has 0 atom stereocenters. The Bertz CT molecular complexity index is 4260. The summed E-state index contributed by atoms with van der Waals surface area (Å²) in [5.41, 5.74) is 23.4. The highest BCUT2D eigenvalue weighted by Gasteiger charge is 2.24. The number of furan rings is 1. The van der Waals surface area contributed by atoms with Gasteiger partial charge in [-0.1, -0.05) is 212 Å². The SMILES string of the molecule is c1ccc(-c2cc(-c3ccccc3)cc(-c3cccc(-c4cccc5c4oc4c(-c6cccc(-c7cc(-c8ccccc8)cc(-c8ccccc8)c7)c6)cc6c7ccccc7n(-c7ccccc7)c6c45)c3)c2)cc1. The second-order valence-electron chi connectivity index (χ2n) is 19.2. The van der Waals surface area contributed by atoms with Crippen molar-refractivity contribution in [3.05, 3.63) is 285 Å². The zero-order valence-electron chi connectivity index (χ0n) is 40.5. The highest BCUT2D eigenvalue weighted by atomic mass is 16.3. The summed E-state index contributed by atoms with van der Waals surface area (Å²) >= 11 is 0. The van der Waals surface area contributed by atoms with Crippen molar-refractivity contribution in [3.8, 4) is 94.7 Å². The van der Waals surface area contributed by atoms with E-state index in [1.165, 1.54) is 55.3 Å². The Morgan fingerprint density at radius 2 is 0.595 bits per heavy atom. The molecule has 346 valence electrons. The van der Waals surface area contributed by atoms with E-state index in [4.69, 9.17) is 4.42 Å². The molecule has 2 aromatic heterocycles. The van der Waals surface area contributed by atoms with Crippen LogP contribution in [0.3, 0.4) is 0 Å². The quantitative estimate of drug-likeness (QED) is 0.141. The summed E-state index contributed by atoms with van der Waals surface area (Å²) in [6.07, 6.45) is 0. The van der Waals surface area contributed by atoms with E-state index < -0.39 is 0 Å². The molecule has 0 amide bonds. The molecule has 0 fully saturated rings. The van der Waals surface area contributed by atoms with Gasteiger partial charge in [0.05, 0.1) is 16.4 Å². The molecule has 0 aliphatic heterocycles. The van der Waals surface area contributed by atoms with Gasteiger partial charge in [0.15, 0.2) is 0 Å². The van der Waals surface area contributed by atoms with Crippen LogP contribution in [0.15, 0.2) is 290 Å². The minimum Gasteiger partial charge on any atom is -0.455 e. The first-order chi connectivity index (χ1) is 36.7. The Morgan fingerprint density at radius 3 is 1.09 bits per heavy atom. The van der Waals surface area contributed by atoms with Gasteiger partial charge in [-0.25, -0.2) is 0 Å². The molecule has 0 spiro atoms. The van der Waals surface area contributed by atoms with Gasteiger partial charge < -0.3 is 8.98 Å². The van der Waals surface area contributed by atoms with Crippen LogP contribution in [0.25, 0.3) is 138 Å². The monoisotopic (exact) mass is 941 g/mol. The van der Waals surface area contributed by atoms with Crippen LogP contribution in [0.2, 0.25) is 0 Å². The maximum Gasteiger partial charge on any atom is 0.145 e. The van der Waals surface area contributed by atoms with Gasteiger partial charge >= 0.3 is 0 Å². The average molecular weight is 942 g/mol. The molecule has 0 unspecified atom stereocenters. The third-order valence-corrected chi connectivity index (χ3v) is 14.7. The second-order valence-corrected chi connectivity index (χ2v) is 19.2. The zero-order valence-corrected chi connectivity index (χ0v) is 40.5. The number of rotatable bonds is 9. The summed E-state index contributed by atoms with van der Waals surface area (Å²) in [4.78, 5) is 0. The van der Waals surface area contributed by atoms with E-state index in [0.717, 1.165) is 83.2 Å². The molecular formula is C72H47NO. The van der Waals surface area contributed by atoms with Gasteiger partial charge in [-0.05, 0) is 151 Å². The molecule has 2 heterocycles. The topological polar surface area (TPSA) is 18.1 Å². The molecular weight excluding hydrogens is 895 g/mol. The van der Waals surface area contributed by atoms with Gasteiger partial charge in [-0.15, -0.1) is 0 Å². The number of aromatic nitrogens is 1. The number of para-hydroxylation sites is 3. The van der Waals surface area contributed by atoms with E-state index in [0.29, 0.717) is 0 Å². The third kappa shape index (κ3) is 7.60. The Hall–Kier alpha value is -9.76.